The van der Waals surface area contributed by atoms with Crippen LogP contribution in [0, 0.1) is 10.5 Å². The number of ether oxygens (including phenoxy) is 1. The molecule has 2 rings (SSSR count). The fraction of sp³-hybridized carbons (Fsp3) is 0.125. The van der Waals surface area contributed by atoms with Crippen molar-refractivity contribution in [2.24, 2.45) is 5.10 Å². The van der Waals surface area contributed by atoms with Crippen molar-refractivity contribution in [2.45, 2.75) is 6.92 Å². The fourth-order valence-electron chi connectivity index (χ4n) is 1.81. The summed E-state index contributed by atoms with van der Waals surface area (Å²) < 4.78 is 6.90. The maximum absolute atomic E-state index is 11.8. The molecule has 2 N–H and O–H groups in total. The van der Waals surface area contributed by atoms with Crippen molar-refractivity contribution in [3.63, 3.8) is 0 Å². The van der Waals surface area contributed by atoms with E-state index < -0.39 is 5.91 Å². The van der Waals surface area contributed by atoms with Gasteiger partial charge >= 0.3 is 0 Å². The third-order valence-electron chi connectivity index (χ3n) is 2.95. The molecule has 8 heteroatoms. The minimum Gasteiger partial charge on any atom is -0.506 e. The Bertz CT molecular complexity index is 799. The molecule has 0 atom stereocenters. The average Bonchev–Trinajstić information content (AvgIpc) is 2.51. The maximum atomic E-state index is 11.8. The van der Waals surface area contributed by atoms with Gasteiger partial charge in [-0.25, -0.2) is 5.43 Å². The van der Waals surface area contributed by atoms with Crippen molar-refractivity contribution in [1.82, 2.24) is 5.43 Å². The molecule has 1 amide bonds. The van der Waals surface area contributed by atoms with Crippen LogP contribution in [-0.4, -0.2) is 23.8 Å². The van der Waals surface area contributed by atoms with Gasteiger partial charge < -0.3 is 9.84 Å². The highest BCUT2D eigenvalue weighted by Gasteiger charge is 2.07. The molecule has 0 aliphatic rings. The fourth-order valence-corrected chi connectivity index (χ4v) is 3.59. The van der Waals surface area contributed by atoms with E-state index in [4.69, 9.17) is 16.3 Å². The molecule has 0 fully saturated rings. The summed E-state index contributed by atoms with van der Waals surface area (Å²) >= 11 is 11.2. The molecular formula is C16H13BrClIN2O3. The van der Waals surface area contributed by atoms with E-state index in [2.05, 4.69) is 26.5 Å². The van der Waals surface area contributed by atoms with Crippen molar-refractivity contribution in [2.75, 3.05) is 6.61 Å². The first-order valence-electron chi connectivity index (χ1n) is 6.75. The number of amides is 1. The lowest BCUT2D eigenvalue weighted by molar-refractivity contribution is -0.123. The van der Waals surface area contributed by atoms with E-state index in [1.165, 1.54) is 6.21 Å². The second-order valence-corrected chi connectivity index (χ2v) is 7.33. The maximum Gasteiger partial charge on any atom is 0.277 e. The van der Waals surface area contributed by atoms with Crippen molar-refractivity contribution in [3.05, 3.63) is 54.5 Å². The first kappa shape index (κ1) is 19.0. The first-order valence-corrected chi connectivity index (χ1v) is 9.00. The number of nitrogens with one attached hydrogen (secondary N) is 1. The number of carbonyl (C=O) groups is 1. The summed E-state index contributed by atoms with van der Waals surface area (Å²) in [7, 11) is 0. The number of hydrazone groups is 1. The molecule has 0 aliphatic heterocycles. The Morgan fingerprint density at radius 1 is 1.46 bits per heavy atom. The summed E-state index contributed by atoms with van der Waals surface area (Å²) in [5, 5.41) is 14.4. The molecule has 5 nitrogen and oxygen atoms in total. The van der Waals surface area contributed by atoms with Crippen molar-refractivity contribution in [3.8, 4) is 11.5 Å². The van der Waals surface area contributed by atoms with Gasteiger partial charge in [-0.15, -0.1) is 0 Å². The van der Waals surface area contributed by atoms with E-state index in [0.717, 1.165) is 10.0 Å². The van der Waals surface area contributed by atoms with Crippen LogP contribution in [0.4, 0.5) is 0 Å². The molecule has 2 aromatic carbocycles. The predicted molar refractivity (Wildman–Crippen MR) is 106 cm³/mol. The quantitative estimate of drug-likeness (QED) is 0.350. The van der Waals surface area contributed by atoms with Gasteiger partial charge in [0.05, 0.1) is 9.78 Å². The Labute approximate surface area is 166 Å². The molecule has 126 valence electrons. The van der Waals surface area contributed by atoms with Gasteiger partial charge in [0, 0.05) is 15.1 Å². The molecule has 2 aromatic rings. The minimum atomic E-state index is -0.412. The summed E-state index contributed by atoms with van der Waals surface area (Å²) in [6.45, 7) is 1.66. The van der Waals surface area contributed by atoms with Crippen LogP contribution in [0.25, 0.3) is 0 Å². The lowest BCUT2D eigenvalue weighted by Crippen LogP contribution is -2.24. The van der Waals surface area contributed by atoms with Crippen LogP contribution in [0.2, 0.25) is 5.02 Å². The number of phenols is 1. The zero-order valence-electron chi connectivity index (χ0n) is 12.5. The lowest BCUT2D eigenvalue weighted by Gasteiger charge is -2.08. The number of aromatic hydroxyl groups is 1. The molecule has 0 unspecified atom stereocenters. The van der Waals surface area contributed by atoms with E-state index in [1.54, 1.807) is 30.3 Å². The second-order valence-electron chi connectivity index (χ2n) is 4.82. The van der Waals surface area contributed by atoms with E-state index in [1.807, 2.05) is 29.5 Å². The summed E-state index contributed by atoms with van der Waals surface area (Å²) in [6.07, 6.45) is 1.37. The number of hydrogen-bond donors (Lipinski definition) is 2. The summed E-state index contributed by atoms with van der Waals surface area (Å²) in [4.78, 5) is 11.8. The zero-order chi connectivity index (χ0) is 17.7. The SMILES string of the molecule is Cc1cc(Cl)ccc1OCC(=O)NN=Cc1cc(Br)cc(I)c1O. The lowest BCUT2D eigenvalue weighted by atomic mass is 10.2. The minimum absolute atomic E-state index is 0.102. The van der Waals surface area contributed by atoms with Crippen molar-refractivity contribution >= 4 is 62.2 Å². The van der Waals surface area contributed by atoms with Gasteiger partial charge in [-0.1, -0.05) is 27.5 Å². The standard InChI is InChI=1S/C16H13BrClIN2O3/c1-9-4-12(18)2-3-14(9)24-8-15(22)21-20-7-10-5-11(17)6-13(19)16(10)23/h2-7,23H,8H2,1H3,(H,21,22). The topological polar surface area (TPSA) is 70.9 Å². The summed E-state index contributed by atoms with van der Waals surface area (Å²) in [5.74, 6) is 0.271. The number of rotatable bonds is 5. The Hall–Kier alpha value is -1.32. The number of nitrogens with zero attached hydrogens (tertiary/aromatic N) is 1. The molecule has 0 spiro atoms. The van der Waals surface area contributed by atoms with Crippen molar-refractivity contribution in [1.29, 1.82) is 0 Å². The van der Waals surface area contributed by atoms with Crippen LogP contribution in [0.5, 0.6) is 11.5 Å². The van der Waals surface area contributed by atoms with Gasteiger partial charge in [0.2, 0.25) is 0 Å². The number of benzene rings is 2. The monoisotopic (exact) mass is 522 g/mol. The van der Waals surface area contributed by atoms with Gasteiger partial charge in [-0.05, 0) is 65.4 Å². The Morgan fingerprint density at radius 2 is 2.21 bits per heavy atom. The van der Waals surface area contributed by atoms with Crippen molar-refractivity contribution < 1.29 is 14.6 Å². The highest BCUT2D eigenvalue weighted by atomic mass is 127. The first-order chi connectivity index (χ1) is 11.4. The smallest absolute Gasteiger partial charge is 0.277 e. The largest absolute Gasteiger partial charge is 0.506 e. The molecule has 0 heterocycles. The number of hydrogen-bond acceptors (Lipinski definition) is 4. The van der Waals surface area contributed by atoms with Crippen LogP contribution in [0.1, 0.15) is 11.1 Å². The Balaban J connectivity index is 1.91. The summed E-state index contributed by atoms with van der Waals surface area (Å²) in [5.41, 5.74) is 3.68. The Kier molecular flexibility index (Phi) is 6.88. The number of aryl methyl sites for hydroxylation is 1. The van der Waals surface area contributed by atoms with Crippen LogP contribution >= 0.6 is 50.1 Å². The molecule has 0 bridgehead atoms. The van der Waals surface area contributed by atoms with Crippen LogP contribution in [0.3, 0.4) is 0 Å². The van der Waals surface area contributed by atoms with Crippen LogP contribution in [-0.2, 0) is 4.79 Å². The van der Waals surface area contributed by atoms with E-state index in [-0.39, 0.29) is 12.4 Å². The highest BCUT2D eigenvalue weighted by Crippen LogP contribution is 2.27. The number of phenolic OH excluding ortho intramolecular Hbond substituents is 1. The van der Waals surface area contributed by atoms with Gasteiger partial charge in [0.25, 0.3) is 5.91 Å². The number of carbonyl (C=O) groups excluding carboxylic acids is 1. The predicted octanol–water partition coefficient (Wildman–Crippen LogP) is 4.25. The third kappa shape index (κ3) is 5.35. The third-order valence-corrected chi connectivity index (χ3v) is 4.46. The Morgan fingerprint density at radius 3 is 2.92 bits per heavy atom. The molecule has 24 heavy (non-hydrogen) atoms. The molecule has 0 aliphatic carbocycles. The van der Waals surface area contributed by atoms with Crippen LogP contribution in [0.15, 0.2) is 39.9 Å². The zero-order valence-corrected chi connectivity index (χ0v) is 17.0. The molecule has 0 saturated heterocycles. The normalized spacial score (nSPS) is 10.8. The average molecular weight is 524 g/mol. The van der Waals surface area contributed by atoms with E-state index in [9.17, 15) is 9.90 Å². The van der Waals surface area contributed by atoms with Gasteiger partial charge in [-0.3, -0.25) is 4.79 Å². The van der Waals surface area contributed by atoms with Gasteiger partial charge in [0.1, 0.15) is 11.5 Å². The van der Waals surface area contributed by atoms with Gasteiger partial charge in [-0.2, -0.15) is 5.10 Å². The van der Waals surface area contributed by atoms with Gasteiger partial charge in [0.15, 0.2) is 6.61 Å². The summed E-state index contributed by atoms with van der Waals surface area (Å²) in [6, 6.07) is 8.62. The molecule has 0 aromatic heterocycles. The van der Waals surface area contributed by atoms with Crippen LogP contribution < -0.4 is 10.2 Å². The highest BCUT2D eigenvalue weighted by molar-refractivity contribution is 14.1. The molecular weight excluding hydrogens is 510 g/mol. The molecule has 0 saturated carbocycles. The number of halogens is 3. The molecule has 0 radical (unpaired) electrons. The van der Waals surface area contributed by atoms with E-state index >= 15 is 0 Å². The second kappa shape index (κ2) is 8.68. The van der Waals surface area contributed by atoms with E-state index in [0.29, 0.717) is 19.9 Å².